The van der Waals surface area contributed by atoms with Gasteiger partial charge in [-0.1, -0.05) is 12.8 Å². The number of hydroxylamine groups is 1. The first-order valence-corrected chi connectivity index (χ1v) is 4.86. The van der Waals surface area contributed by atoms with Gasteiger partial charge in [0, 0.05) is 0 Å². The molecule has 0 atom stereocenters. The summed E-state index contributed by atoms with van der Waals surface area (Å²) in [6, 6.07) is 3.82. The maximum Gasteiger partial charge on any atom is 0.119 e. The van der Waals surface area contributed by atoms with E-state index in [-0.39, 0.29) is 0 Å². The Bertz CT molecular complexity index is 227. The number of hydrogen-bond acceptors (Lipinski definition) is 3. The van der Waals surface area contributed by atoms with Gasteiger partial charge in [0.05, 0.1) is 18.9 Å². The van der Waals surface area contributed by atoms with Gasteiger partial charge in [-0.2, -0.15) is 5.48 Å². The Labute approximate surface area is 78.0 Å². The zero-order chi connectivity index (χ0) is 8.93. The van der Waals surface area contributed by atoms with E-state index < -0.39 is 0 Å². The van der Waals surface area contributed by atoms with E-state index in [4.69, 9.17) is 9.25 Å². The molecule has 0 saturated heterocycles. The summed E-state index contributed by atoms with van der Waals surface area (Å²) in [4.78, 5) is 5.47. The van der Waals surface area contributed by atoms with Gasteiger partial charge in [0.15, 0.2) is 0 Å². The van der Waals surface area contributed by atoms with E-state index in [1.807, 2.05) is 12.1 Å². The summed E-state index contributed by atoms with van der Waals surface area (Å²) in [6.45, 7) is 0.656. The van der Waals surface area contributed by atoms with Crippen LogP contribution in [0.1, 0.15) is 31.4 Å². The maximum absolute atomic E-state index is 5.47. The molecular weight excluding hydrogens is 166 g/mol. The largest absolute Gasteiger partial charge is 0.468 e. The third-order valence-electron chi connectivity index (χ3n) is 2.38. The molecule has 1 N–H and O–H groups in total. The van der Waals surface area contributed by atoms with Crippen LogP contribution in [0.15, 0.2) is 22.8 Å². The fourth-order valence-electron chi connectivity index (χ4n) is 1.65. The highest BCUT2D eigenvalue weighted by atomic mass is 16.7. The van der Waals surface area contributed by atoms with E-state index in [1.165, 1.54) is 25.7 Å². The van der Waals surface area contributed by atoms with Crippen molar-refractivity contribution in [1.82, 2.24) is 5.48 Å². The number of hydrogen-bond donors (Lipinski definition) is 1. The zero-order valence-electron chi connectivity index (χ0n) is 7.66. The predicted octanol–water partition coefficient (Wildman–Crippen LogP) is 2.24. The fourth-order valence-corrected chi connectivity index (χ4v) is 1.65. The molecule has 3 heteroatoms. The highest BCUT2D eigenvalue weighted by Crippen LogP contribution is 2.19. The second kappa shape index (κ2) is 4.44. The first-order chi connectivity index (χ1) is 6.45. The molecule has 72 valence electrons. The molecular formula is C10H15NO2. The van der Waals surface area contributed by atoms with Crippen molar-refractivity contribution >= 4 is 0 Å². The van der Waals surface area contributed by atoms with Gasteiger partial charge in [0.2, 0.25) is 0 Å². The number of nitrogens with one attached hydrogen (secondary N) is 1. The minimum absolute atomic E-state index is 0.412. The molecule has 1 fully saturated rings. The van der Waals surface area contributed by atoms with E-state index >= 15 is 0 Å². The normalized spacial score (nSPS) is 18.2. The lowest BCUT2D eigenvalue weighted by Gasteiger charge is -2.10. The molecule has 1 heterocycles. The van der Waals surface area contributed by atoms with Crippen LogP contribution in [-0.2, 0) is 11.4 Å². The van der Waals surface area contributed by atoms with Gasteiger partial charge >= 0.3 is 0 Å². The molecule has 1 saturated carbocycles. The average molecular weight is 181 g/mol. The Balaban J connectivity index is 1.63. The molecule has 0 aromatic carbocycles. The van der Waals surface area contributed by atoms with Crippen molar-refractivity contribution in [2.75, 3.05) is 0 Å². The van der Waals surface area contributed by atoms with Gasteiger partial charge in [-0.25, -0.2) is 0 Å². The molecule has 1 aromatic heterocycles. The summed E-state index contributed by atoms with van der Waals surface area (Å²) in [5, 5.41) is 0. The molecule has 1 aromatic rings. The van der Waals surface area contributed by atoms with E-state index in [0.29, 0.717) is 12.6 Å². The molecule has 3 nitrogen and oxygen atoms in total. The first kappa shape index (κ1) is 8.78. The van der Waals surface area contributed by atoms with Crippen molar-refractivity contribution < 1.29 is 9.25 Å². The molecule has 1 aliphatic rings. The molecule has 1 aliphatic carbocycles. The van der Waals surface area contributed by atoms with Gasteiger partial charge < -0.3 is 4.42 Å². The lowest BCUT2D eigenvalue weighted by atomic mass is 10.3. The van der Waals surface area contributed by atoms with Crippen LogP contribution in [0.4, 0.5) is 0 Å². The van der Waals surface area contributed by atoms with Crippen molar-refractivity contribution in [1.29, 1.82) is 0 Å². The Kier molecular flexibility index (Phi) is 3.00. The summed E-state index contributed by atoms with van der Waals surface area (Å²) >= 11 is 0. The molecule has 0 unspecified atom stereocenters. The van der Waals surface area contributed by atoms with Crippen LogP contribution in [0, 0.1) is 0 Å². The maximum atomic E-state index is 5.47. The van der Waals surface area contributed by atoms with Gasteiger partial charge in [-0.3, -0.25) is 4.84 Å². The second-order valence-electron chi connectivity index (χ2n) is 3.42. The van der Waals surface area contributed by atoms with E-state index in [1.54, 1.807) is 6.26 Å². The average Bonchev–Trinajstić information content (AvgIpc) is 2.75. The second-order valence-corrected chi connectivity index (χ2v) is 3.42. The lowest BCUT2D eigenvalue weighted by molar-refractivity contribution is -0.0268. The molecule has 0 radical (unpaired) electrons. The summed E-state index contributed by atoms with van der Waals surface area (Å²) in [6.07, 6.45) is 7.05. The van der Waals surface area contributed by atoms with Crippen molar-refractivity contribution in [2.24, 2.45) is 0 Å². The fraction of sp³-hybridized carbons (Fsp3) is 0.600. The van der Waals surface area contributed by atoms with Crippen LogP contribution in [0.2, 0.25) is 0 Å². The van der Waals surface area contributed by atoms with Crippen LogP contribution < -0.4 is 5.48 Å². The SMILES string of the molecule is c1coc(CNOC2CCCC2)c1. The predicted molar refractivity (Wildman–Crippen MR) is 48.9 cm³/mol. The topological polar surface area (TPSA) is 34.4 Å². The van der Waals surface area contributed by atoms with Gasteiger partial charge in [-0.05, 0) is 25.0 Å². The monoisotopic (exact) mass is 181 g/mol. The lowest BCUT2D eigenvalue weighted by Crippen LogP contribution is -2.20. The minimum atomic E-state index is 0.412. The molecule has 0 amide bonds. The van der Waals surface area contributed by atoms with Crippen LogP contribution in [0.25, 0.3) is 0 Å². The highest BCUT2D eigenvalue weighted by Gasteiger charge is 2.15. The highest BCUT2D eigenvalue weighted by molar-refractivity contribution is 4.96. The van der Waals surface area contributed by atoms with Gasteiger partial charge in [0.25, 0.3) is 0 Å². The summed E-state index contributed by atoms with van der Waals surface area (Å²) < 4.78 is 5.16. The van der Waals surface area contributed by atoms with Crippen molar-refractivity contribution in [2.45, 2.75) is 38.3 Å². The van der Waals surface area contributed by atoms with Gasteiger partial charge in [-0.15, -0.1) is 0 Å². The van der Waals surface area contributed by atoms with Crippen molar-refractivity contribution in [3.05, 3.63) is 24.2 Å². The van der Waals surface area contributed by atoms with Crippen LogP contribution >= 0.6 is 0 Å². The third kappa shape index (κ3) is 2.57. The zero-order valence-corrected chi connectivity index (χ0v) is 7.66. The van der Waals surface area contributed by atoms with Crippen molar-refractivity contribution in [3.63, 3.8) is 0 Å². The van der Waals surface area contributed by atoms with Crippen LogP contribution in [0.5, 0.6) is 0 Å². The summed E-state index contributed by atoms with van der Waals surface area (Å²) in [5.41, 5.74) is 2.94. The molecule has 0 bridgehead atoms. The minimum Gasteiger partial charge on any atom is -0.468 e. The molecule has 0 aliphatic heterocycles. The van der Waals surface area contributed by atoms with Crippen molar-refractivity contribution in [3.8, 4) is 0 Å². The summed E-state index contributed by atoms with van der Waals surface area (Å²) in [7, 11) is 0. The standard InChI is InChI=1S/C10H15NO2/c1-2-5-9(4-1)13-11-8-10-6-3-7-12-10/h3,6-7,9,11H,1-2,4-5,8H2. The van der Waals surface area contributed by atoms with E-state index in [2.05, 4.69) is 5.48 Å². The number of furan rings is 1. The molecule has 0 spiro atoms. The third-order valence-corrected chi connectivity index (χ3v) is 2.38. The Morgan fingerprint density at radius 2 is 2.31 bits per heavy atom. The van der Waals surface area contributed by atoms with Crippen LogP contribution in [0.3, 0.4) is 0 Å². The first-order valence-electron chi connectivity index (χ1n) is 4.86. The smallest absolute Gasteiger partial charge is 0.119 e. The van der Waals surface area contributed by atoms with Crippen LogP contribution in [-0.4, -0.2) is 6.10 Å². The Hall–Kier alpha value is -0.800. The van der Waals surface area contributed by atoms with E-state index in [0.717, 1.165) is 5.76 Å². The number of rotatable bonds is 4. The van der Waals surface area contributed by atoms with Gasteiger partial charge in [0.1, 0.15) is 5.76 Å². The quantitative estimate of drug-likeness (QED) is 0.723. The summed E-state index contributed by atoms with van der Waals surface area (Å²) in [5.74, 6) is 0.915. The Morgan fingerprint density at radius 1 is 1.46 bits per heavy atom. The molecule has 2 rings (SSSR count). The van der Waals surface area contributed by atoms with E-state index in [9.17, 15) is 0 Å². The Morgan fingerprint density at radius 3 is 3.00 bits per heavy atom. The molecule has 13 heavy (non-hydrogen) atoms.